The van der Waals surface area contributed by atoms with Crippen LogP contribution in [0.4, 0.5) is 0 Å². The fourth-order valence-corrected chi connectivity index (χ4v) is 12.5. The first kappa shape index (κ1) is 42.8. The molecule has 3 aromatic carbocycles. The molecule has 0 saturated carbocycles. The largest absolute Gasteiger partial charge is 0.243 e. The number of rotatable bonds is 18. The Morgan fingerprint density at radius 1 is 0.373 bits per heavy atom. The molecule has 0 radical (unpaired) electrons. The second-order valence-electron chi connectivity index (χ2n) is 14.4. The molecule has 0 bridgehead atoms. The van der Waals surface area contributed by atoms with E-state index in [-0.39, 0.29) is 0 Å². The highest BCUT2D eigenvalue weighted by Gasteiger charge is 2.29. The maximum Gasteiger partial charge on any atom is 0.243 e. The van der Waals surface area contributed by atoms with Gasteiger partial charge in [0.1, 0.15) is 0 Å². The molecule has 0 unspecified atom stereocenters. The lowest BCUT2D eigenvalue weighted by molar-refractivity contribution is 0.375. The molecule has 0 atom stereocenters. The molecule has 0 aliphatic rings. The first-order valence-corrected chi connectivity index (χ1v) is 22.1. The fraction of sp³-hybridized carbons (Fsp3) is 0.538. The molecule has 0 aliphatic carbocycles. The van der Waals surface area contributed by atoms with Crippen LogP contribution in [0.2, 0.25) is 0 Å². The first-order valence-electron chi connectivity index (χ1n) is 17.8. The maximum absolute atomic E-state index is 14.1. The normalized spacial score (nSPS) is 12.8. The Labute approximate surface area is 309 Å². The van der Waals surface area contributed by atoms with Crippen molar-refractivity contribution in [1.29, 1.82) is 0 Å². The smallest absolute Gasteiger partial charge is 0.207 e. The molecule has 0 saturated heterocycles. The number of hydrogen-bond donors (Lipinski definition) is 0. The van der Waals surface area contributed by atoms with Crippen LogP contribution in [0.5, 0.6) is 0 Å². The van der Waals surface area contributed by atoms with E-state index in [2.05, 4.69) is 0 Å². The van der Waals surface area contributed by atoms with Gasteiger partial charge in [-0.25, -0.2) is 33.9 Å². The molecule has 0 aromatic heterocycles. The first-order chi connectivity index (χ1) is 23.6. The Kier molecular flexibility index (Phi) is 14.7. The molecule has 3 aromatic rings. The SMILES string of the molecule is Cc1cc(C)c(S(=O)(=O)N(C)CCCCCN(CCCCCN(C)S(=O)(=O)c2c(C)cc(C)cc2C)S(=O)(=O)c2c(C)cc(C)cc2C)c(C)c1. The van der Waals surface area contributed by atoms with Crippen LogP contribution in [0.3, 0.4) is 0 Å². The minimum atomic E-state index is -3.81. The topological polar surface area (TPSA) is 112 Å². The van der Waals surface area contributed by atoms with Crippen molar-refractivity contribution >= 4 is 30.1 Å². The van der Waals surface area contributed by atoms with E-state index >= 15 is 0 Å². The summed E-state index contributed by atoms with van der Waals surface area (Å²) in [5, 5.41) is 0. The Hall–Kier alpha value is -2.61. The molecule has 12 heteroatoms. The summed E-state index contributed by atoms with van der Waals surface area (Å²) in [7, 11) is -7.94. The van der Waals surface area contributed by atoms with Gasteiger partial charge in [-0.2, -0.15) is 4.31 Å². The highest BCUT2D eigenvalue weighted by atomic mass is 32.2. The zero-order chi connectivity index (χ0) is 38.5. The lowest BCUT2D eigenvalue weighted by Gasteiger charge is -2.25. The van der Waals surface area contributed by atoms with Crippen LogP contribution in [0.1, 0.15) is 88.6 Å². The van der Waals surface area contributed by atoms with Gasteiger partial charge in [0.15, 0.2) is 0 Å². The number of unbranched alkanes of at least 4 members (excludes halogenated alkanes) is 4. The molecule has 0 aliphatic heterocycles. The van der Waals surface area contributed by atoms with Gasteiger partial charge in [0.25, 0.3) is 0 Å². The predicted octanol–water partition coefficient (Wildman–Crippen LogP) is 7.44. The third kappa shape index (κ3) is 10.3. The zero-order valence-electron chi connectivity index (χ0n) is 32.6. The van der Waals surface area contributed by atoms with E-state index in [0.717, 1.165) is 38.9 Å². The Morgan fingerprint density at radius 3 is 0.882 bits per heavy atom. The van der Waals surface area contributed by atoms with E-state index in [9.17, 15) is 25.3 Å². The number of benzene rings is 3. The second kappa shape index (κ2) is 17.5. The summed E-state index contributed by atoms with van der Waals surface area (Å²) in [5.41, 5.74) is 7.37. The molecular weight excluding hydrogens is 703 g/mol. The van der Waals surface area contributed by atoms with Crippen molar-refractivity contribution < 1.29 is 25.3 Å². The highest BCUT2D eigenvalue weighted by molar-refractivity contribution is 7.89. The van der Waals surface area contributed by atoms with Crippen LogP contribution < -0.4 is 0 Å². The van der Waals surface area contributed by atoms with E-state index in [0.29, 0.717) is 90.5 Å². The second-order valence-corrected chi connectivity index (χ2v) is 20.2. The van der Waals surface area contributed by atoms with E-state index in [4.69, 9.17) is 0 Å². The molecule has 0 fully saturated rings. The quantitative estimate of drug-likeness (QED) is 0.125. The Morgan fingerprint density at radius 2 is 0.608 bits per heavy atom. The van der Waals surface area contributed by atoms with E-state index < -0.39 is 30.1 Å². The molecule has 0 heterocycles. The van der Waals surface area contributed by atoms with Gasteiger partial charge in [-0.15, -0.1) is 0 Å². The van der Waals surface area contributed by atoms with Crippen molar-refractivity contribution in [3.8, 4) is 0 Å². The van der Waals surface area contributed by atoms with Crippen LogP contribution in [0, 0.1) is 62.3 Å². The molecule has 0 spiro atoms. The molecule has 3 rings (SSSR count). The Balaban J connectivity index is 1.66. The molecule has 0 N–H and O–H groups in total. The van der Waals surface area contributed by atoms with Gasteiger partial charge in [-0.3, -0.25) is 0 Å². The zero-order valence-corrected chi connectivity index (χ0v) is 35.0. The van der Waals surface area contributed by atoms with Crippen molar-refractivity contribution in [3.63, 3.8) is 0 Å². The predicted molar refractivity (Wildman–Crippen MR) is 208 cm³/mol. The standard InChI is InChI=1S/C39H59N3O6S3/c1-28-22-31(4)37(32(5)23-28)49(43,44)40(10)18-14-12-16-20-42(51(47,48)39-35(8)26-30(3)27-36(39)9)21-17-13-15-19-41(11)50(45,46)38-33(6)24-29(2)25-34(38)7/h22-27H,12-21H2,1-11H3. The molecule has 51 heavy (non-hydrogen) atoms. The summed E-state index contributed by atoms with van der Waals surface area (Å²) in [4.78, 5) is 1.03. The molecule has 9 nitrogen and oxygen atoms in total. The average Bonchev–Trinajstić information content (AvgIpc) is 2.97. The van der Waals surface area contributed by atoms with Gasteiger partial charge in [0, 0.05) is 40.3 Å². The minimum Gasteiger partial charge on any atom is -0.207 e. The summed E-state index contributed by atoms with van der Waals surface area (Å²) >= 11 is 0. The van der Waals surface area contributed by atoms with Crippen LogP contribution in [0.15, 0.2) is 51.1 Å². The van der Waals surface area contributed by atoms with Crippen molar-refractivity contribution in [2.45, 2.75) is 116 Å². The van der Waals surface area contributed by atoms with Gasteiger partial charge in [0.05, 0.1) is 14.7 Å². The van der Waals surface area contributed by atoms with Gasteiger partial charge >= 0.3 is 0 Å². The number of aryl methyl sites for hydroxylation is 9. The maximum atomic E-state index is 14.1. The van der Waals surface area contributed by atoms with Crippen molar-refractivity contribution in [3.05, 3.63) is 86.5 Å². The van der Waals surface area contributed by atoms with Crippen molar-refractivity contribution in [1.82, 2.24) is 12.9 Å². The lowest BCUT2D eigenvalue weighted by atomic mass is 10.1. The lowest BCUT2D eigenvalue weighted by Crippen LogP contribution is -2.34. The van der Waals surface area contributed by atoms with Crippen LogP contribution in [-0.4, -0.2) is 78.4 Å². The molecular formula is C39H59N3O6S3. The summed E-state index contributed by atoms with van der Waals surface area (Å²) < 4.78 is 86.3. The van der Waals surface area contributed by atoms with Gasteiger partial charge in [-0.05, 0) is 121 Å². The van der Waals surface area contributed by atoms with Crippen molar-refractivity contribution in [2.75, 3.05) is 40.3 Å². The third-order valence-corrected chi connectivity index (χ3v) is 16.0. The summed E-state index contributed by atoms with van der Waals surface area (Å²) in [6.45, 7) is 18.1. The van der Waals surface area contributed by atoms with Crippen molar-refractivity contribution in [2.24, 2.45) is 0 Å². The third-order valence-electron chi connectivity index (χ3n) is 9.51. The van der Waals surface area contributed by atoms with Crippen LogP contribution in [-0.2, 0) is 30.1 Å². The van der Waals surface area contributed by atoms with Gasteiger partial charge in [-0.1, -0.05) is 65.9 Å². The summed E-state index contributed by atoms with van der Waals surface area (Å²) in [5.74, 6) is 0. The van der Waals surface area contributed by atoms with Crippen LogP contribution in [0.25, 0.3) is 0 Å². The van der Waals surface area contributed by atoms with E-state index in [1.54, 1.807) is 18.4 Å². The fourth-order valence-electron chi connectivity index (χ4n) is 7.35. The van der Waals surface area contributed by atoms with Gasteiger partial charge < -0.3 is 0 Å². The minimum absolute atomic E-state index is 0.308. The number of nitrogens with zero attached hydrogens (tertiary/aromatic N) is 3. The number of hydrogen-bond acceptors (Lipinski definition) is 6. The average molecular weight is 762 g/mol. The molecule has 0 amide bonds. The monoisotopic (exact) mass is 761 g/mol. The van der Waals surface area contributed by atoms with E-state index in [1.807, 2.05) is 98.7 Å². The van der Waals surface area contributed by atoms with E-state index in [1.165, 1.54) is 8.61 Å². The summed E-state index contributed by atoms with van der Waals surface area (Å²) in [6, 6.07) is 11.3. The summed E-state index contributed by atoms with van der Waals surface area (Å²) in [6.07, 6.45) is 3.66. The molecule has 284 valence electrons. The number of sulfonamides is 3. The highest BCUT2D eigenvalue weighted by Crippen LogP contribution is 2.28. The van der Waals surface area contributed by atoms with Crippen LogP contribution >= 0.6 is 0 Å². The Bertz CT molecular complexity index is 1870. The van der Waals surface area contributed by atoms with Gasteiger partial charge in [0.2, 0.25) is 30.1 Å².